The molecule has 3 aromatic rings. The summed E-state index contributed by atoms with van der Waals surface area (Å²) in [7, 11) is 1.65. The average molecular weight is 497 g/mol. The van der Waals surface area contributed by atoms with Crippen LogP contribution in [0.5, 0.6) is 0 Å². The van der Waals surface area contributed by atoms with Gasteiger partial charge >= 0.3 is 5.97 Å². The van der Waals surface area contributed by atoms with E-state index in [0.717, 1.165) is 6.08 Å². The van der Waals surface area contributed by atoms with Crippen LogP contribution in [-0.4, -0.2) is 56.3 Å². The summed E-state index contributed by atoms with van der Waals surface area (Å²) in [5.74, 6) is -0.856. The second-order valence-corrected chi connectivity index (χ2v) is 8.77. The van der Waals surface area contributed by atoms with Gasteiger partial charge in [0.05, 0.1) is 11.9 Å². The van der Waals surface area contributed by atoms with Crippen LogP contribution in [0.3, 0.4) is 0 Å². The lowest BCUT2D eigenvalue weighted by Gasteiger charge is -2.28. The summed E-state index contributed by atoms with van der Waals surface area (Å²) in [6.45, 7) is 8.98. The van der Waals surface area contributed by atoms with Crippen LogP contribution in [0.2, 0.25) is 0 Å². The predicted octanol–water partition coefficient (Wildman–Crippen LogP) is 3.89. The van der Waals surface area contributed by atoms with Crippen molar-refractivity contribution in [2.75, 3.05) is 17.7 Å². The summed E-state index contributed by atoms with van der Waals surface area (Å²) in [4.78, 5) is 38.1. The number of halogens is 1. The molecule has 36 heavy (non-hydrogen) atoms. The van der Waals surface area contributed by atoms with E-state index in [2.05, 4.69) is 32.2 Å². The largest absolute Gasteiger partial charge is 0.452 e. The molecule has 4 rings (SSSR count). The van der Waals surface area contributed by atoms with Crippen LogP contribution in [0.25, 0.3) is 11.2 Å². The van der Waals surface area contributed by atoms with Gasteiger partial charge in [0, 0.05) is 13.0 Å². The van der Waals surface area contributed by atoms with Gasteiger partial charge in [-0.3, -0.25) is 14.7 Å². The molecule has 11 heteroatoms. The van der Waals surface area contributed by atoms with E-state index in [1.165, 1.54) is 10.9 Å². The monoisotopic (exact) mass is 496 g/mol. The van der Waals surface area contributed by atoms with Gasteiger partial charge in [-0.15, -0.1) is 0 Å². The third-order valence-electron chi connectivity index (χ3n) is 6.08. The number of rotatable bonds is 8. The Morgan fingerprint density at radius 3 is 2.64 bits per heavy atom. The molecule has 0 spiro atoms. The number of imidazole rings is 1. The number of amides is 1. The maximum Gasteiger partial charge on any atom is 0.338 e. The van der Waals surface area contributed by atoms with Crippen molar-refractivity contribution >= 4 is 34.8 Å². The molecule has 1 aliphatic rings. The molecule has 4 atom stereocenters. The number of carbonyl (C=O) groups excluding carboxylic acids is 2. The maximum atomic E-state index is 16.7. The smallest absolute Gasteiger partial charge is 0.338 e. The fraction of sp³-hybridized carbons (Fsp3) is 0.400. The molecule has 190 valence electrons. The predicted molar refractivity (Wildman–Crippen MR) is 132 cm³/mol. The Morgan fingerprint density at radius 1 is 1.31 bits per heavy atom. The van der Waals surface area contributed by atoms with E-state index in [9.17, 15) is 9.59 Å². The molecule has 1 unspecified atom stereocenters. The van der Waals surface area contributed by atoms with Gasteiger partial charge in [0.2, 0.25) is 17.5 Å². The number of ether oxygens (including phenoxy) is 2. The van der Waals surface area contributed by atoms with Crippen molar-refractivity contribution in [1.82, 2.24) is 19.5 Å². The molecule has 2 N–H and O–H groups in total. The maximum absolute atomic E-state index is 16.7. The Kier molecular flexibility index (Phi) is 7.02. The first-order chi connectivity index (χ1) is 17.2. The van der Waals surface area contributed by atoms with Crippen molar-refractivity contribution in [2.45, 2.75) is 51.3 Å². The number of nitrogens with one attached hydrogen (secondary N) is 2. The van der Waals surface area contributed by atoms with Crippen molar-refractivity contribution in [3.63, 3.8) is 0 Å². The van der Waals surface area contributed by atoms with E-state index in [0.29, 0.717) is 23.3 Å². The van der Waals surface area contributed by atoms with Crippen LogP contribution >= 0.6 is 0 Å². The van der Waals surface area contributed by atoms with Crippen LogP contribution in [0, 0.1) is 5.92 Å². The number of aromatic nitrogens is 4. The fourth-order valence-electron chi connectivity index (χ4n) is 4.07. The highest BCUT2D eigenvalue weighted by Gasteiger charge is 2.59. The number of carbonyl (C=O) groups is 2. The van der Waals surface area contributed by atoms with Crippen LogP contribution in [0.1, 0.15) is 43.8 Å². The second kappa shape index (κ2) is 10.0. The topological polar surface area (TPSA) is 120 Å². The first-order valence-corrected chi connectivity index (χ1v) is 11.7. The van der Waals surface area contributed by atoms with E-state index in [4.69, 9.17) is 9.47 Å². The SMILES string of the molecule is C=C[C@@]1(F)C(OC(=O)c2ccccc2)[C@@H](CC)O[C@H]1n1cnc2c(NC)nc(NC(=O)C(C)C)nc21. The highest BCUT2D eigenvalue weighted by atomic mass is 19.1. The van der Waals surface area contributed by atoms with Gasteiger partial charge in [0.15, 0.2) is 29.3 Å². The third kappa shape index (κ3) is 4.41. The normalized spacial score (nSPS) is 23.6. The summed E-state index contributed by atoms with van der Waals surface area (Å²) in [5, 5.41) is 5.58. The molecule has 1 aliphatic heterocycles. The molecular formula is C25H29FN6O4. The number of anilines is 2. The lowest BCUT2D eigenvalue weighted by molar-refractivity contribution is -0.118. The van der Waals surface area contributed by atoms with Gasteiger partial charge < -0.3 is 14.8 Å². The minimum Gasteiger partial charge on any atom is -0.452 e. The number of alkyl halides is 1. The molecule has 1 fully saturated rings. The molecule has 2 aromatic heterocycles. The number of hydrogen-bond acceptors (Lipinski definition) is 8. The van der Waals surface area contributed by atoms with Crippen LogP contribution in [0.4, 0.5) is 16.2 Å². The standard InChI is InChI=1S/C25H29FN6O4/c1-6-16-18(36-22(34)15-11-9-8-10-12-15)25(26,7-2)23(35-16)32-13-28-17-19(27-5)29-24(30-20(17)32)31-21(33)14(3)4/h7-14,16,18,23H,2,6H2,1,3-5H3,(H2,27,29,30,31,33)/t16-,18?,23-,25-/m1/s1. The number of esters is 1. The first kappa shape index (κ1) is 25.2. The van der Waals surface area contributed by atoms with Crippen LogP contribution in [0.15, 0.2) is 49.3 Å². The Bertz CT molecular complexity index is 1280. The minimum absolute atomic E-state index is 0.0347. The number of benzene rings is 1. The van der Waals surface area contributed by atoms with E-state index < -0.39 is 30.1 Å². The molecule has 0 bridgehead atoms. The van der Waals surface area contributed by atoms with Crippen molar-refractivity contribution in [3.05, 3.63) is 54.9 Å². The van der Waals surface area contributed by atoms with Crippen molar-refractivity contribution in [1.29, 1.82) is 0 Å². The zero-order valence-corrected chi connectivity index (χ0v) is 20.6. The Hall–Kier alpha value is -3.86. The number of hydrogen-bond donors (Lipinski definition) is 2. The lowest BCUT2D eigenvalue weighted by atomic mass is 9.94. The van der Waals surface area contributed by atoms with E-state index in [1.54, 1.807) is 51.2 Å². The summed E-state index contributed by atoms with van der Waals surface area (Å²) < 4.78 is 29.8. The zero-order valence-electron chi connectivity index (χ0n) is 20.6. The molecular weight excluding hydrogens is 467 g/mol. The molecule has 1 saturated heterocycles. The number of fused-ring (bicyclic) bond motifs is 1. The summed E-state index contributed by atoms with van der Waals surface area (Å²) >= 11 is 0. The average Bonchev–Trinajstić information content (AvgIpc) is 3.42. The quantitative estimate of drug-likeness (QED) is 0.356. The summed E-state index contributed by atoms with van der Waals surface area (Å²) in [6, 6.07) is 8.36. The molecule has 0 radical (unpaired) electrons. The molecule has 0 aliphatic carbocycles. The Morgan fingerprint density at radius 2 is 2.03 bits per heavy atom. The van der Waals surface area contributed by atoms with Crippen LogP contribution in [-0.2, 0) is 14.3 Å². The Balaban J connectivity index is 1.75. The third-order valence-corrected chi connectivity index (χ3v) is 6.08. The van der Waals surface area contributed by atoms with Gasteiger partial charge in [-0.25, -0.2) is 14.2 Å². The van der Waals surface area contributed by atoms with Gasteiger partial charge in [-0.05, 0) is 24.6 Å². The highest BCUT2D eigenvalue weighted by Crippen LogP contribution is 2.46. The highest BCUT2D eigenvalue weighted by molar-refractivity contribution is 5.92. The molecule has 1 amide bonds. The second-order valence-electron chi connectivity index (χ2n) is 8.77. The number of nitrogens with zero attached hydrogens (tertiary/aromatic N) is 4. The van der Waals surface area contributed by atoms with Gasteiger partial charge in [0.1, 0.15) is 6.10 Å². The van der Waals surface area contributed by atoms with Crippen molar-refractivity contribution < 1.29 is 23.5 Å². The first-order valence-electron chi connectivity index (χ1n) is 11.7. The summed E-state index contributed by atoms with van der Waals surface area (Å²) in [6.07, 6.45) is -0.461. The minimum atomic E-state index is -2.30. The van der Waals surface area contributed by atoms with Gasteiger partial charge in [-0.1, -0.05) is 45.5 Å². The van der Waals surface area contributed by atoms with E-state index >= 15 is 4.39 Å². The molecule has 0 saturated carbocycles. The Labute approximate surface area is 207 Å². The van der Waals surface area contributed by atoms with Crippen LogP contribution < -0.4 is 10.6 Å². The van der Waals surface area contributed by atoms with Crippen molar-refractivity contribution in [2.24, 2.45) is 5.92 Å². The van der Waals surface area contributed by atoms with E-state index in [1.807, 2.05) is 6.92 Å². The molecule has 3 heterocycles. The molecule has 10 nitrogen and oxygen atoms in total. The summed E-state index contributed by atoms with van der Waals surface area (Å²) in [5.41, 5.74) is -1.42. The van der Waals surface area contributed by atoms with Gasteiger partial charge in [0.25, 0.3) is 0 Å². The lowest BCUT2D eigenvalue weighted by Crippen LogP contribution is -2.43. The fourth-order valence-corrected chi connectivity index (χ4v) is 4.07. The van der Waals surface area contributed by atoms with Gasteiger partial charge in [-0.2, -0.15) is 9.97 Å². The van der Waals surface area contributed by atoms with Crippen molar-refractivity contribution in [3.8, 4) is 0 Å². The molecule has 1 aromatic carbocycles. The zero-order chi connectivity index (χ0) is 26.0. The van der Waals surface area contributed by atoms with E-state index in [-0.39, 0.29) is 23.4 Å².